The largest absolute Gasteiger partial charge is 0.477 e. The van der Waals surface area contributed by atoms with Gasteiger partial charge in [-0.05, 0) is 38.5 Å². The zero-order valence-electron chi connectivity index (χ0n) is 11.4. The SMILES string of the molecule is Cc1c(Cl)nc(C2CC2)nc1OCCCC(C)C. The third kappa shape index (κ3) is 3.58. The smallest absolute Gasteiger partial charge is 0.221 e. The molecule has 1 saturated carbocycles. The zero-order valence-corrected chi connectivity index (χ0v) is 12.1. The maximum absolute atomic E-state index is 6.12. The molecular weight excluding hydrogens is 248 g/mol. The molecule has 1 aromatic rings. The summed E-state index contributed by atoms with van der Waals surface area (Å²) >= 11 is 6.12. The van der Waals surface area contributed by atoms with Crippen LogP contribution in [0.5, 0.6) is 5.88 Å². The van der Waals surface area contributed by atoms with E-state index in [2.05, 4.69) is 23.8 Å². The van der Waals surface area contributed by atoms with Gasteiger partial charge in [-0.2, -0.15) is 4.98 Å². The number of hydrogen-bond donors (Lipinski definition) is 0. The van der Waals surface area contributed by atoms with Crippen LogP contribution in [0.2, 0.25) is 5.15 Å². The molecule has 0 spiro atoms. The first-order valence-corrected chi connectivity index (χ1v) is 7.12. The van der Waals surface area contributed by atoms with Gasteiger partial charge in [0.05, 0.1) is 6.61 Å². The molecule has 0 aliphatic heterocycles. The second kappa shape index (κ2) is 5.87. The second-order valence-corrected chi connectivity index (χ2v) is 5.82. The van der Waals surface area contributed by atoms with Crippen molar-refractivity contribution in [2.45, 2.75) is 52.4 Å². The lowest BCUT2D eigenvalue weighted by atomic mass is 10.1. The molecule has 0 unspecified atom stereocenters. The molecule has 1 heterocycles. The van der Waals surface area contributed by atoms with E-state index in [1.165, 1.54) is 19.3 Å². The maximum Gasteiger partial charge on any atom is 0.221 e. The number of ether oxygens (including phenoxy) is 1. The number of aromatic nitrogens is 2. The van der Waals surface area contributed by atoms with Gasteiger partial charge in [-0.1, -0.05) is 25.4 Å². The summed E-state index contributed by atoms with van der Waals surface area (Å²) in [6.45, 7) is 7.06. The minimum absolute atomic E-state index is 0.501. The highest BCUT2D eigenvalue weighted by Crippen LogP contribution is 2.39. The van der Waals surface area contributed by atoms with Crippen LogP contribution in [-0.2, 0) is 0 Å². The molecule has 0 saturated heterocycles. The van der Waals surface area contributed by atoms with Gasteiger partial charge in [0, 0.05) is 11.5 Å². The number of halogens is 1. The van der Waals surface area contributed by atoms with Crippen LogP contribution in [0.15, 0.2) is 0 Å². The summed E-state index contributed by atoms with van der Waals surface area (Å²) in [5, 5.41) is 0.533. The quantitative estimate of drug-likeness (QED) is 0.575. The standard InChI is InChI=1S/C14H21ClN2O/c1-9(2)5-4-8-18-14-10(3)12(15)16-13(17-14)11-6-7-11/h9,11H,4-8H2,1-3H3. The molecule has 4 heteroatoms. The average Bonchev–Trinajstić information content (AvgIpc) is 3.13. The van der Waals surface area contributed by atoms with Crippen molar-refractivity contribution in [3.05, 3.63) is 16.5 Å². The fraction of sp³-hybridized carbons (Fsp3) is 0.714. The molecular formula is C14H21ClN2O. The third-order valence-electron chi connectivity index (χ3n) is 3.17. The van der Waals surface area contributed by atoms with Crippen LogP contribution in [0.25, 0.3) is 0 Å². The molecule has 2 rings (SSSR count). The van der Waals surface area contributed by atoms with Gasteiger partial charge in [0.1, 0.15) is 11.0 Å². The van der Waals surface area contributed by atoms with Crippen molar-refractivity contribution in [1.29, 1.82) is 0 Å². The third-order valence-corrected chi connectivity index (χ3v) is 3.53. The average molecular weight is 269 g/mol. The number of nitrogens with zero attached hydrogens (tertiary/aromatic N) is 2. The number of rotatable bonds is 6. The Kier molecular flexibility index (Phi) is 4.44. The maximum atomic E-state index is 6.12. The lowest BCUT2D eigenvalue weighted by Gasteiger charge is -2.11. The van der Waals surface area contributed by atoms with E-state index < -0.39 is 0 Å². The summed E-state index contributed by atoms with van der Waals surface area (Å²) < 4.78 is 5.75. The fourth-order valence-corrected chi connectivity index (χ4v) is 1.98. The van der Waals surface area contributed by atoms with Crippen LogP contribution >= 0.6 is 11.6 Å². The van der Waals surface area contributed by atoms with Crippen LogP contribution < -0.4 is 4.74 Å². The zero-order chi connectivity index (χ0) is 13.1. The molecule has 1 aliphatic rings. The van der Waals surface area contributed by atoms with Crippen molar-refractivity contribution in [1.82, 2.24) is 9.97 Å². The minimum atomic E-state index is 0.501. The molecule has 18 heavy (non-hydrogen) atoms. The second-order valence-electron chi connectivity index (χ2n) is 5.46. The normalized spacial score (nSPS) is 15.2. The van der Waals surface area contributed by atoms with Crippen LogP contribution in [0.3, 0.4) is 0 Å². The number of hydrogen-bond acceptors (Lipinski definition) is 3. The van der Waals surface area contributed by atoms with Crippen LogP contribution in [0.4, 0.5) is 0 Å². The lowest BCUT2D eigenvalue weighted by molar-refractivity contribution is 0.283. The molecule has 0 atom stereocenters. The first-order chi connectivity index (χ1) is 8.58. The summed E-state index contributed by atoms with van der Waals surface area (Å²) in [4.78, 5) is 8.82. The van der Waals surface area contributed by atoms with Gasteiger partial charge < -0.3 is 4.74 Å². The summed E-state index contributed by atoms with van der Waals surface area (Å²) in [5.41, 5.74) is 0.852. The van der Waals surface area contributed by atoms with Gasteiger partial charge >= 0.3 is 0 Å². The van der Waals surface area contributed by atoms with Crippen molar-refractivity contribution < 1.29 is 4.74 Å². The van der Waals surface area contributed by atoms with Gasteiger partial charge in [0.15, 0.2) is 0 Å². The molecule has 0 N–H and O–H groups in total. The van der Waals surface area contributed by atoms with Crippen LogP contribution in [0.1, 0.15) is 56.8 Å². The highest BCUT2D eigenvalue weighted by Gasteiger charge is 2.28. The Bertz CT molecular complexity index is 417. The molecule has 1 aromatic heterocycles. The van der Waals surface area contributed by atoms with Crippen molar-refractivity contribution in [3.63, 3.8) is 0 Å². The minimum Gasteiger partial charge on any atom is -0.477 e. The van der Waals surface area contributed by atoms with Crippen molar-refractivity contribution in [2.24, 2.45) is 5.92 Å². The van der Waals surface area contributed by atoms with E-state index in [-0.39, 0.29) is 0 Å². The van der Waals surface area contributed by atoms with Crippen molar-refractivity contribution in [3.8, 4) is 5.88 Å². The monoisotopic (exact) mass is 268 g/mol. The summed E-state index contributed by atoms with van der Waals surface area (Å²) in [7, 11) is 0. The van der Waals surface area contributed by atoms with Gasteiger partial charge in [-0.3, -0.25) is 0 Å². The predicted octanol–water partition coefficient (Wildman–Crippen LogP) is 4.13. The van der Waals surface area contributed by atoms with Crippen LogP contribution in [0, 0.1) is 12.8 Å². The predicted molar refractivity (Wildman–Crippen MR) is 73.3 cm³/mol. The summed E-state index contributed by atoms with van der Waals surface area (Å²) in [6, 6.07) is 0. The van der Waals surface area contributed by atoms with E-state index in [9.17, 15) is 0 Å². The Morgan fingerprint density at radius 2 is 2.06 bits per heavy atom. The fourth-order valence-electron chi connectivity index (χ4n) is 1.81. The molecule has 0 amide bonds. The van der Waals surface area contributed by atoms with E-state index in [0.717, 1.165) is 17.8 Å². The van der Waals surface area contributed by atoms with E-state index in [0.29, 0.717) is 29.5 Å². The highest BCUT2D eigenvalue weighted by atomic mass is 35.5. The Balaban J connectivity index is 1.97. The van der Waals surface area contributed by atoms with E-state index in [1.54, 1.807) is 0 Å². The first-order valence-electron chi connectivity index (χ1n) is 6.74. The van der Waals surface area contributed by atoms with Crippen molar-refractivity contribution >= 4 is 11.6 Å². The van der Waals surface area contributed by atoms with Crippen molar-refractivity contribution in [2.75, 3.05) is 6.61 Å². The van der Waals surface area contributed by atoms with E-state index >= 15 is 0 Å². The topological polar surface area (TPSA) is 35.0 Å². The summed E-state index contributed by atoms with van der Waals surface area (Å²) in [6.07, 6.45) is 4.57. The van der Waals surface area contributed by atoms with Gasteiger partial charge in [-0.15, -0.1) is 0 Å². The molecule has 3 nitrogen and oxygen atoms in total. The lowest BCUT2D eigenvalue weighted by Crippen LogP contribution is -2.05. The molecule has 0 bridgehead atoms. The van der Waals surface area contributed by atoms with Gasteiger partial charge in [0.25, 0.3) is 0 Å². The molecule has 1 aliphatic carbocycles. The highest BCUT2D eigenvalue weighted by molar-refractivity contribution is 6.30. The van der Waals surface area contributed by atoms with Crippen LogP contribution in [-0.4, -0.2) is 16.6 Å². The molecule has 0 aromatic carbocycles. The molecule has 1 fully saturated rings. The Morgan fingerprint density at radius 1 is 1.33 bits per heavy atom. The molecule has 100 valence electrons. The van der Waals surface area contributed by atoms with E-state index in [4.69, 9.17) is 16.3 Å². The van der Waals surface area contributed by atoms with Gasteiger partial charge in [-0.25, -0.2) is 4.98 Å². The Labute approximate surface area is 114 Å². The Hall–Kier alpha value is -0.830. The first kappa shape index (κ1) is 13.6. The van der Waals surface area contributed by atoms with Gasteiger partial charge in [0.2, 0.25) is 5.88 Å². The van der Waals surface area contributed by atoms with E-state index in [1.807, 2.05) is 6.92 Å². The molecule has 0 radical (unpaired) electrons. The summed E-state index contributed by atoms with van der Waals surface area (Å²) in [5.74, 6) is 2.73. The Morgan fingerprint density at radius 3 is 2.67 bits per heavy atom.